The Morgan fingerprint density at radius 2 is 1.40 bits per heavy atom. The molecule has 0 atom stereocenters. The number of benzene rings is 3. The number of carbonyl (C=O) groups excluding carboxylic acids is 1. The third-order valence-electron chi connectivity index (χ3n) is 3.67. The summed E-state index contributed by atoms with van der Waals surface area (Å²) < 4.78 is 5.76. The van der Waals surface area contributed by atoms with Gasteiger partial charge in [-0.2, -0.15) is 0 Å². The number of anilines is 2. The molecular formula is C21H20N2O2. The summed E-state index contributed by atoms with van der Waals surface area (Å²) in [5.41, 5.74) is 3.80. The number of carbonyl (C=O) groups is 1. The standard InChI is InChI=1S/C21H20N2O2/c1-16-7-9-17(10-8-16)15-25-20-13-11-19(12-14-20)23-21(24)22-18-5-3-2-4-6-18/h2-14H,15H2,1H3,(H2,22,23,24). The van der Waals surface area contributed by atoms with Crippen molar-refractivity contribution in [1.82, 2.24) is 0 Å². The van der Waals surface area contributed by atoms with Gasteiger partial charge in [-0.05, 0) is 48.9 Å². The van der Waals surface area contributed by atoms with Crippen molar-refractivity contribution in [3.63, 3.8) is 0 Å². The van der Waals surface area contributed by atoms with Crippen molar-refractivity contribution in [2.75, 3.05) is 10.6 Å². The zero-order valence-electron chi connectivity index (χ0n) is 14.0. The molecule has 0 heterocycles. The second-order valence-corrected chi connectivity index (χ2v) is 5.74. The molecule has 0 aliphatic carbocycles. The van der Waals surface area contributed by atoms with Gasteiger partial charge in [0.15, 0.2) is 0 Å². The maximum absolute atomic E-state index is 12.0. The van der Waals surface area contributed by atoms with E-state index in [1.807, 2.05) is 54.6 Å². The van der Waals surface area contributed by atoms with Crippen molar-refractivity contribution in [2.24, 2.45) is 0 Å². The van der Waals surface area contributed by atoms with Gasteiger partial charge in [-0.25, -0.2) is 4.79 Å². The summed E-state index contributed by atoms with van der Waals surface area (Å²) >= 11 is 0. The zero-order chi connectivity index (χ0) is 17.5. The maximum atomic E-state index is 12.0. The Balaban J connectivity index is 1.51. The Hall–Kier alpha value is -3.27. The van der Waals surface area contributed by atoms with Crippen LogP contribution in [0, 0.1) is 6.92 Å². The van der Waals surface area contributed by atoms with Crippen LogP contribution in [0.5, 0.6) is 5.75 Å². The van der Waals surface area contributed by atoms with Gasteiger partial charge in [0, 0.05) is 11.4 Å². The first-order valence-corrected chi connectivity index (χ1v) is 8.10. The molecule has 0 radical (unpaired) electrons. The summed E-state index contributed by atoms with van der Waals surface area (Å²) in [6, 6.07) is 24.6. The molecule has 0 spiro atoms. The first-order valence-electron chi connectivity index (χ1n) is 8.10. The first kappa shape index (κ1) is 16.6. The van der Waals surface area contributed by atoms with E-state index in [0.29, 0.717) is 12.3 Å². The lowest BCUT2D eigenvalue weighted by molar-refractivity contribution is 0.262. The summed E-state index contributed by atoms with van der Waals surface area (Å²) in [6.07, 6.45) is 0. The average Bonchev–Trinajstić information content (AvgIpc) is 2.63. The molecule has 0 aliphatic heterocycles. The second kappa shape index (κ2) is 8.02. The number of para-hydroxylation sites is 1. The van der Waals surface area contributed by atoms with Crippen LogP contribution >= 0.6 is 0 Å². The molecule has 0 aromatic heterocycles. The third kappa shape index (κ3) is 5.11. The average molecular weight is 332 g/mol. The summed E-state index contributed by atoms with van der Waals surface area (Å²) in [5.74, 6) is 0.759. The molecule has 126 valence electrons. The number of hydrogen-bond acceptors (Lipinski definition) is 2. The quantitative estimate of drug-likeness (QED) is 0.673. The van der Waals surface area contributed by atoms with Crippen molar-refractivity contribution in [3.8, 4) is 5.75 Å². The third-order valence-corrected chi connectivity index (χ3v) is 3.67. The molecule has 2 amide bonds. The summed E-state index contributed by atoms with van der Waals surface area (Å²) in [6.45, 7) is 2.58. The Labute approximate surface area is 147 Å². The van der Waals surface area contributed by atoms with Crippen LogP contribution in [0.1, 0.15) is 11.1 Å². The molecule has 0 fully saturated rings. The lowest BCUT2D eigenvalue weighted by Crippen LogP contribution is -2.19. The van der Waals surface area contributed by atoms with E-state index in [1.54, 1.807) is 0 Å². The van der Waals surface area contributed by atoms with E-state index in [1.165, 1.54) is 5.56 Å². The monoisotopic (exact) mass is 332 g/mol. The van der Waals surface area contributed by atoms with E-state index in [2.05, 4.69) is 41.8 Å². The van der Waals surface area contributed by atoms with Crippen LogP contribution in [0.4, 0.5) is 16.2 Å². The van der Waals surface area contributed by atoms with E-state index >= 15 is 0 Å². The lowest BCUT2D eigenvalue weighted by Gasteiger charge is -2.09. The van der Waals surface area contributed by atoms with E-state index in [0.717, 1.165) is 17.0 Å². The predicted octanol–water partition coefficient (Wildman–Crippen LogP) is 5.22. The van der Waals surface area contributed by atoms with Crippen LogP contribution in [0.25, 0.3) is 0 Å². The van der Waals surface area contributed by atoms with Gasteiger partial charge < -0.3 is 15.4 Å². The minimum Gasteiger partial charge on any atom is -0.489 e. The van der Waals surface area contributed by atoms with Gasteiger partial charge in [0.1, 0.15) is 12.4 Å². The second-order valence-electron chi connectivity index (χ2n) is 5.74. The van der Waals surface area contributed by atoms with Crippen LogP contribution in [0.3, 0.4) is 0 Å². The van der Waals surface area contributed by atoms with Crippen LogP contribution < -0.4 is 15.4 Å². The van der Waals surface area contributed by atoms with Crippen molar-refractivity contribution in [3.05, 3.63) is 90.0 Å². The summed E-state index contributed by atoms with van der Waals surface area (Å²) in [4.78, 5) is 12.0. The molecule has 0 unspecified atom stereocenters. The topological polar surface area (TPSA) is 50.4 Å². The number of urea groups is 1. The fraction of sp³-hybridized carbons (Fsp3) is 0.0952. The van der Waals surface area contributed by atoms with E-state index in [9.17, 15) is 4.79 Å². The van der Waals surface area contributed by atoms with Crippen molar-refractivity contribution < 1.29 is 9.53 Å². The Kier molecular flexibility index (Phi) is 5.32. The highest BCUT2D eigenvalue weighted by Crippen LogP contribution is 2.17. The smallest absolute Gasteiger partial charge is 0.323 e. The van der Waals surface area contributed by atoms with Crippen molar-refractivity contribution in [2.45, 2.75) is 13.5 Å². The minimum atomic E-state index is -0.278. The van der Waals surface area contributed by atoms with Gasteiger partial charge in [0.05, 0.1) is 0 Å². The molecule has 4 heteroatoms. The normalized spacial score (nSPS) is 10.1. The largest absolute Gasteiger partial charge is 0.489 e. The SMILES string of the molecule is Cc1ccc(COc2ccc(NC(=O)Nc3ccccc3)cc2)cc1. The predicted molar refractivity (Wildman–Crippen MR) is 101 cm³/mol. The number of amides is 2. The van der Waals surface area contributed by atoms with Crippen molar-refractivity contribution in [1.29, 1.82) is 0 Å². The molecule has 3 aromatic rings. The fourth-order valence-electron chi connectivity index (χ4n) is 2.30. The highest BCUT2D eigenvalue weighted by molar-refractivity contribution is 5.99. The van der Waals surface area contributed by atoms with E-state index in [4.69, 9.17) is 4.74 Å². The molecule has 0 saturated heterocycles. The highest BCUT2D eigenvalue weighted by atomic mass is 16.5. The zero-order valence-corrected chi connectivity index (χ0v) is 14.0. The van der Waals surface area contributed by atoms with Crippen LogP contribution in [0.15, 0.2) is 78.9 Å². The molecule has 3 rings (SSSR count). The Morgan fingerprint density at radius 1 is 0.800 bits per heavy atom. The number of ether oxygens (including phenoxy) is 1. The number of hydrogen-bond donors (Lipinski definition) is 2. The highest BCUT2D eigenvalue weighted by Gasteiger charge is 2.03. The van der Waals surface area contributed by atoms with Crippen LogP contribution in [-0.4, -0.2) is 6.03 Å². The molecule has 0 saturated carbocycles. The first-order chi connectivity index (χ1) is 12.2. The van der Waals surface area contributed by atoms with Gasteiger partial charge in [0.25, 0.3) is 0 Å². The van der Waals surface area contributed by atoms with Gasteiger partial charge in [-0.15, -0.1) is 0 Å². The molecule has 25 heavy (non-hydrogen) atoms. The maximum Gasteiger partial charge on any atom is 0.323 e. The number of rotatable bonds is 5. The molecular weight excluding hydrogens is 312 g/mol. The lowest BCUT2D eigenvalue weighted by atomic mass is 10.2. The summed E-state index contributed by atoms with van der Waals surface area (Å²) in [7, 11) is 0. The van der Waals surface area contributed by atoms with Gasteiger partial charge in [-0.1, -0.05) is 48.0 Å². The summed E-state index contributed by atoms with van der Waals surface area (Å²) in [5, 5.41) is 5.57. The minimum absolute atomic E-state index is 0.278. The van der Waals surface area contributed by atoms with Crippen molar-refractivity contribution >= 4 is 17.4 Å². The molecule has 3 aromatic carbocycles. The molecule has 4 nitrogen and oxygen atoms in total. The van der Waals surface area contributed by atoms with Gasteiger partial charge in [0.2, 0.25) is 0 Å². The Morgan fingerprint density at radius 3 is 2.04 bits per heavy atom. The van der Waals surface area contributed by atoms with Crippen LogP contribution in [-0.2, 0) is 6.61 Å². The van der Waals surface area contributed by atoms with Gasteiger partial charge in [-0.3, -0.25) is 0 Å². The number of nitrogens with one attached hydrogen (secondary N) is 2. The number of aryl methyl sites for hydroxylation is 1. The fourth-order valence-corrected chi connectivity index (χ4v) is 2.30. The van der Waals surface area contributed by atoms with Gasteiger partial charge >= 0.3 is 6.03 Å². The Bertz CT molecular complexity index is 813. The molecule has 0 aliphatic rings. The van der Waals surface area contributed by atoms with E-state index in [-0.39, 0.29) is 6.03 Å². The molecule has 0 bridgehead atoms. The van der Waals surface area contributed by atoms with E-state index < -0.39 is 0 Å². The molecule has 2 N–H and O–H groups in total. The van der Waals surface area contributed by atoms with Crippen LogP contribution in [0.2, 0.25) is 0 Å².